The highest BCUT2D eigenvalue weighted by Gasteiger charge is 2.16. The van der Waals surface area contributed by atoms with Gasteiger partial charge in [-0.1, -0.05) is 36.4 Å². The zero-order valence-electron chi connectivity index (χ0n) is 18.8. The molecule has 1 aromatic carbocycles. The standard InChI is InChI=1S/C26H34N4O/c1-22-17-26(23(2)30(22)20-24-7-4-3-5-8-24)21-29(19-25-9-6-10-27-18-25)12-11-28-13-15-31-16-14-28/h3-10,17-18H,11-16,19-21H2,1-2H3. The molecule has 0 atom stereocenters. The Labute approximate surface area is 186 Å². The van der Waals surface area contributed by atoms with Crippen molar-refractivity contribution in [2.75, 3.05) is 39.4 Å². The number of rotatable bonds is 9. The number of pyridine rings is 1. The first-order chi connectivity index (χ1) is 15.2. The Morgan fingerprint density at radius 2 is 1.74 bits per heavy atom. The molecule has 0 unspecified atom stereocenters. The van der Waals surface area contributed by atoms with Gasteiger partial charge < -0.3 is 9.30 Å². The highest BCUT2D eigenvalue weighted by atomic mass is 16.5. The van der Waals surface area contributed by atoms with E-state index in [1.54, 1.807) is 0 Å². The van der Waals surface area contributed by atoms with Crippen LogP contribution in [-0.4, -0.2) is 58.7 Å². The van der Waals surface area contributed by atoms with Crippen molar-refractivity contribution < 1.29 is 4.74 Å². The summed E-state index contributed by atoms with van der Waals surface area (Å²) in [7, 11) is 0. The first kappa shape index (κ1) is 21.8. The van der Waals surface area contributed by atoms with Gasteiger partial charge in [0.1, 0.15) is 0 Å². The summed E-state index contributed by atoms with van der Waals surface area (Å²) in [6.45, 7) is 13.2. The Kier molecular flexibility index (Phi) is 7.52. The van der Waals surface area contributed by atoms with E-state index in [0.29, 0.717) is 0 Å². The maximum Gasteiger partial charge on any atom is 0.0594 e. The Hall–Kier alpha value is -2.47. The third kappa shape index (κ3) is 6.03. The van der Waals surface area contributed by atoms with Crippen LogP contribution in [0.3, 0.4) is 0 Å². The minimum absolute atomic E-state index is 0.850. The van der Waals surface area contributed by atoms with E-state index in [4.69, 9.17) is 4.74 Å². The molecule has 0 spiro atoms. The minimum Gasteiger partial charge on any atom is -0.379 e. The van der Waals surface area contributed by atoms with Crippen molar-refractivity contribution in [2.45, 2.75) is 33.5 Å². The van der Waals surface area contributed by atoms with Crippen LogP contribution in [0.1, 0.15) is 28.1 Å². The first-order valence-corrected chi connectivity index (χ1v) is 11.3. The molecule has 1 aliphatic heterocycles. The van der Waals surface area contributed by atoms with Crippen molar-refractivity contribution in [3.63, 3.8) is 0 Å². The topological polar surface area (TPSA) is 33.5 Å². The van der Waals surface area contributed by atoms with Crippen LogP contribution < -0.4 is 0 Å². The number of hydrogen-bond donors (Lipinski definition) is 0. The maximum absolute atomic E-state index is 5.51. The summed E-state index contributed by atoms with van der Waals surface area (Å²) >= 11 is 0. The van der Waals surface area contributed by atoms with E-state index in [0.717, 1.165) is 59.0 Å². The Morgan fingerprint density at radius 1 is 0.968 bits per heavy atom. The van der Waals surface area contributed by atoms with Crippen LogP contribution in [0.15, 0.2) is 60.9 Å². The van der Waals surface area contributed by atoms with Gasteiger partial charge in [0.05, 0.1) is 13.2 Å². The zero-order valence-corrected chi connectivity index (χ0v) is 18.8. The lowest BCUT2D eigenvalue weighted by Gasteiger charge is -2.30. The first-order valence-electron chi connectivity index (χ1n) is 11.3. The van der Waals surface area contributed by atoms with Gasteiger partial charge in [-0.05, 0) is 42.7 Å². The Balaban J connectivity index is 1.48. The molecule has 2 aromatic heterocycles. The summed E-state index contributed by atoms with van der Waals surface area (Å²) < 4.78 is 7.95. The van der Waals surface area contributed by atoms with Crippen LogP contribution in [0, 0.1) is 13.8 Å². The van der Waals surface area contributed by atoms with Gasteiger partial charge >= 0.3 is 0 Å². The second-order valence-corrected chi connectivity index (χ2v) is 8.49. The van der Waals surface area contributed by atoms with Crippen molar-refractivity contribution in [1.29, 1.82) is 0 Å². The van der Waals surface area contributed by atoms with Crippen LogP contribution in [0.4, 0.5) is 0 Å². The molecule has 0 saturated carbocycles. The molecular weight excluding hydrogens is 384 g/mol. The fourth-order valence-corrected chi connectivity index (χ4v) is 4.35. The molecule has 5 heteroatoms. The zero-order chi connectivity index (χ0) is 21.5. The summed E-state index contributed by atoms with van der Waals surface area (Å²) in [5, 5.41) is 0. The number of nitrogens with zero attached hydrogens (tertiary/aromatic N) is 4. The fourth-order valence-electron chi connectivity index (χ4n) is 4.35. The van der Waals surface area contributed by atoms with Crippen molar-refractivity contribution in [1.82, 2.24) is 19.4 Å². The summed E-state index contributed by atoms with van der Waals surface area (Å²) in [6.07, 6.45) is 3.83. The molecule has 3 aromatic rings. The fraction of sp³-hybridized carbons (Fsp3) is 0.423. The number of hydrogen-bond acceptors (Lipinski definition) is 4. The van der Waals surface area contributed by atoms with E-state index in [1.807, 2.05) is 18.5 Å². The molecule has 1 aliphatic rings. The van der Waals surface area contributed by atoms with Crippen LogP contribution in [0.2, 0.25) is 0 Å². The molecule has 1 fully saturated rings. The second-order valence-electron chi connectivity index (χ2n) is 8.49. The predicted octanol–water partition coefficient (Wildman–Crippen LogP) is 3.88. The van der Waals surface area contributed by atoms with Crippen LogP contribution >= 0.6 is 0 Å². The smallest absolute Gasteiger partial charge is 0.0594 e. The number of aryl methyl sites for hydroxylation is 1. The van der Waals surface area contributed by atoms with Gasteiger partial charge in [0.2, 0.25) is 0 Å². The van der Waals surface area contributed by atoms with Crippen molar-refractivity contribution >= 4 is 0 Å². The SMILES string of the molecule is Cc1cc(CN(CCN2CCOCC2)Cc2cccnc2)c(C)n1Cc1ccccc1. The molecule has 1 saturated heterocycles. The molecule has 5 nitrogen and oxygen atoms in total. The summed E-state index contributed by atoms with van der Waals surface area (Å²) in [5.41, 5.74) is 6.71. The molecule has 3 heterocycles. The number of ether oxygens (including phenoxy) is 1. The van der Waals surface area contributed by atoms with Crippen molar-refractivity contribution in [3.05, 3.63) is 89.0 Å². The molecule has 31 heavy (non-hydrogen) atoms. The lowest BCUT2D eigenvalue weighted by Crippen LogP contribution is -2.41. The third-order valence-electron chi connectivity index (χ3n) is 6.22. The van der Waals surface area contributed by atoms with Gasteiger partial charge in [-0.3, -0.25) is 14.8 Å². The molecule has 4 rings (SSSR count). The van der Waals surface area contributed by atoms with Gasteiger partial charge in [-0.15, -0.1) is 0 Å². The molecule has 0 aliphatic carbocycles. The quantitative estimate of drug-likeness (QED) is 0.528. The lowest BCUT2D eigenvalue weighted by molar-refractivity contribution is 0.0325. The monoisotopic (exact) mass is 418 g/mol. The van der Waals surface area contributed by atoms with E-state index in [9.17, 15) is 0 Å². The summed E-state index contributed by atoms with van der Waals surface area (Å²) in [5.74, 6) is 0. The molecule has 164 valence electrons. The van der Waals surface area contributed by atoms with Gasteiger partial charge in [0.15, 0.2) is 0 Å². The minimum atomic E-state index is 0.850. The molecular formula is C26H34N4O. The molecule has 0 radical (unpaired) electrons. The average molecular weight is 419 g/mol. The maximum atomic E-state index is 5.51. The normalized spacial score (nSPS) is 14.9. The Morgan fingerprint density at radius 3 is 2.48 bits per heavy atom. The number of benzene rings is 1. The molecule has 0 amide bonds. The summed E-state index contributed by atoms with van der Waals surface area (Å²) in [6, 6.07) is 17.3. The lowest BCUT2D eigenvalue weighted by atomic mass is 10.2. The largest absolute Gasteiger partial charge is 0.379 e. The van der Waals surface area contributed by atoms with E-state index < -0.39 is 0 Å². The van der Waals surface area contributed by atoms with Gasteiger partial charge in [0, 0.05) is 69.6 Å². The Bertz CT molecular complexity index is 933. The number of aromatic nitrogens is 2. The van der Waals surface area contributed by atoms with Crippen molar-refractivity contribution in [2.24, 2.45) is 0 Å². The van der Waals surface area contributed by atoms with E-state index in [2.05, 4.69) is 75.7 Å². The highest BCUT2D eigenvalue weighted by molar-refractivity contribution is 5.29. The van der Waals surface area contributed by atoms with Crippen LogP contribution in [-0.2, 0) is 24.4 Å². The highest BCUT2D eigenvalue weighted by Crippen LogP contribution is 2.20. The second kappa shape index (κ2) is 10.7. The van der Waals surface area contributed by atoms with E-state index in [-0.39, 0.29) is 0 Å². The van der Waals surface area contributed by atoms with Gasteiger partial charge in [-0.25, -0.2) is 0 Å². The molecule has 0 bridgehead atoms. The van der Waals surface area contributed by atoms with E-state index >= 15 is 0 Å². The van der Waals surface area contributed by atoms with Gasteiger partial charge in [-0.2, -0.15) is 0 Å². The van der Waals surface area contributed by atoms with Crippen molar-refractivity contribution in [3.8, 4) is 0 Å². The molecule has 0 N–H and O–H groups in total. The van der Waals surface area contributed by atoms with Crippen LogP contribution in [0.5, 0.6) is 0 Å². The predicted molar refractivity (Wildman–Crippen MR) is 125 cm³/mol. The number of morpholine rings is 1. The van der Waals surface area contributed by atoms with Crippen LogP contribution in [0.25, 0.3) is 0 Å². The summed E-state index contributed by atoms with van der Waals surface area (Å²) in [4.78, 5) is 9.39. The van der Waals surface area contributed by atoms with E-state index in [1.165, 1.54) is 28.1 Å². The third-order valence-corrected chi connectivity index (χ3v) is 6.22. The average Bonchev–Trinajstić information content (AvgIpc) is 3.07. The van der Waals surface area contributed by atoms with Gasteiger partial charge in [0.25, 0.3) is 0 Å².